The number of benzene rings is 2. The summed E-state index contributed by atoms with van der Waals surface area (Å²) in [5.41, 5.74) is 5.79. The summed E-state index contributed by atoms with van der Waals surface area (Å²) in [5.74, 6) is 0.661. The van der Waals surface area contributed by atoms with Gasteiger partial charge in [-0.25, -0.2) is 0 Å². The Labute approximate surface area is 134 Å². The molecule has 0 saturated carbocycles. The van der Waals surface area contributed by atoms with Crippen molar-refractivity contribution in [1.82, 2.24) is 20.2 Å². The molecule has 5 nitrogen and oxygen atoms in total. The highest BCUT2D eigenvalue weighted by Gasteiger charge is 2.24. The molecule has 0 bridgehead atoms. The lowest BCUT2D eigenvalue weighted by atomic mass is 10.0. The van der Waals surface area contributed by atoms with Gasteiger partial charge >= 0.3 is 0 Å². The van der Waals surface area contributed by atoms with Crippen molar-refractivity contribution in [3.8, 4) is 0 Å². The van der Waals surface area contributed by atoms with Gasteiger partial charge in [0.2, 0.25) is 5.95 Å². The van der Waals surface area contributed by atoms with Gasteiger partial charge in [0.1, 0.15) is 6.04 Å². The van der Waals surface area contributed by atoms with Gasteiger partial charge in [-0.1, -0.05) is 64.8 Å². The van der Waals surface area contributed by atoms with Crippen LogP contribution in [0, 0.1) is 13.8 Å². The van der Waals surface area contributed by atoms with E-state index >= 15 is 0 Å². The van der Waals surface area contributed by atoms with Crippen LogP contribution in [0.25, 0.3) is 5.70 Å². The molecule has 2 aromatic carbocycles. The van der Waals surface area contributed by atoms with Crippen molar-refractivity contribution in [1.29, 1.82) is 0 Å². The Kier molecular flexibility index (Phi) is 3.19. The van der Waals surface area contributed by atoms with E-state index in [-0.39, 0.29) is 6.04 Å². The maximum Gasteiger partial charge on any atom is 0.248 e. The van der Waals surface area contributed by atoms with Crippen LogP contribution in [0.1, 0.15) is 28.3 Å². The summed E-state index contributed by atoms with van der Waals surface area (Å²) in [5, 5.41) is 15.3. The van der Waals surface area contributed by atoms with Crippen molar-refractivity contribution in [3.63, 3.8) is 0 Å². The van der Waals surface area contributed by atoms with E-state index in [2.05, 4.69) is 89.3 Å². The quantitative estimate of drug-likeness (QED) is 0.789. The van der Waals surface area contributed by atoms with Crippen LogP contribution in [0.15, 0.2) is 54.6 Å². The van der Waals surface area contributed by atoms with Gasteiger partial charge in [0, 0.05) is 5.70 Å². The summed E-state index contributed by atoms with van der Waals surface area (Å²) in [6.45, 7) is 4.17. The summed E-state index contributed by atoms with van der Waals surface area (Å²) in [6, 6.07) is 16.9. The number of hydrogen-bond donors (Lipinski definition) is 1. The second-order valence-electron chi connectivity index (χ2n) is 5.87. The maximum absolute atomic E-state index is 4.13. The first-order chi connectivity index (χ1) is 11.2. The highest BCUT2D eigenvalue weighted by Crippen LogP contribution is 2.31. The lowest BCUT2D eigenvalue weighted by Gasteiger charge is -2.23. The second kappa shape index (κ2) is 5.35. The number of anilines is 1. The van der Waals surface area contributed by atoms with Crippen molar-refractivity contribution in [3.05, 3.63) is 76.9 Å². The fourth-order valence-electron chi connectivity index (χ4n) is 2.76. The number of nitrogens with one attached hydrogen (secondary N) is 1. The fourth-order valence-corrected chi connectivity index (χ4v) is 2.76. The Hall–Kier alpha value is -2.95. The third kappa shape index (κ3) is 2.50. The van der Waals surface area contributed by atoms with Gasteiger partial charge in [0.05, 0.1) is 0 Å². The van der Waals surface area contributed by atoms with Gasteiger partial charge < -0.3 is 5.32 Å². The largest absolute Gasteiger partial charge is 0.323 e. The molecule has 0 fully saturated rings. The molecule has 1 atom stereocenters. The van der Waals surface area contributed by atoms with Crippen molar-refractivity contribution in [2.24, 2.45) is 0 Å². The van der Waals surface area contributed by atoms with Crippen LogP contribution >= 0.6 is 0 Å². The molecule has 0 saturated heterocycles. The lowest BCUT2D eigenvalue weighted by molar-refractivity contribution is 0.586. The van der Waals surface area contributed by atoms with Gasteiger partial charge in [-0.05, 0) is 41.5 Å². The van der Waals surface area contributed by atoms with Gasteiger partial charge in [0.25, 0.3) is 0 Å². The van der Waals surface area contributed by atoms with E-state index in [0.717, 1.165) is 16.8 Å². The van der Waals surface area contributed by atoms with Crippen molar-refractivity contribution >= 4 is 11.6 Å². The molecule has 3 aromatic rings. The molecular weight excluding hydrogens is 286 g/mol. The number of nitrogens with zero attached hydrogens (tertiary/aromatic N) is 4. The van der Waals surface area contributed by atoms with E-state index in [1.54, 1.807) is 0 Å². The molecule has 5 heteroatoms. The minimum atomic E-state index is -0.0156. The number of aryl methyl sites for hydroxylation is 2. The van der Waals surface area contributed by atoms with Gasteiger partial charge in [-0.2, -0.15) is 4.68 Å². The molecule has 1 aliphatic heterocycles. The third-order valence-electron chi connectivity index (χ3n) is 4.11. The summed E-state index contributed by atoms with van der Waals surface area (Å²) >= 11 is 0. The Morgan fingerprint density at radius 3 is 2.26 bits per heavy atom. The monoisotopic (exact) mass is 303 g/mol. The molecule has 23 heavy (non-hydrogen) atoms. The summed E-state index contributed by atoms with van der Waals surface area (Å²) < 4.78 is 1.81. The zero-order valence-corrected chi connectivity index (χ0v) is 13.1. The van der Waals surface area contributed by atoms with E-state index < -0.39 is 0 Å². The van der Waals surface area contributed by atoms with Crippen LogP contribution in [0.3, 0.4) is 0 Å². The number of fused-ring (bicyclic) bond motifs is 1. The summed E-state index contributed by atoms with van der Waals surface area (Å²) in [7, 11) is 0. The molecule has 2 heterocycles. The molecular formula is C18H17N5. The molecule has 1 aromatic heterocycles. The zero-order chi connectivity index (χ0) is 15.8. The SMILES string of the molecule is Cc1ccc(C2=C[C@@H](c3ccc(C)cc3)n3nnnc3N2)cc1. The topological polar surface area (TPSA) is 55.6 Å². The smallest absolute Gasteiger partial charge is 0.248 e. The van der Waals surface area contributed by atoms with Crippen LogP contribution < -0.4 is 5.32 Å². The molecule has 0 amide bonds. The fraction of sp³-hybridized carbons (Fsp3) is 0.167. The Morgan fingerprint density at radius 2 is 1.57 bits per heavy atom. The third-order valence-corrected chi connectivity index (χ3v) is 4.11. The molecule has 0 radical (unpaired) electrons. The minimum absolute atomic E-state index is 0.0156. The number of rotatable bonds is 2. The van der Waals surface area contributed by atoms with Crippen LogP contribution in [0.2, 0.25) is 0 Å². The van der Waals surface area contributed by atoms with E-state index in [1.165, 1.54) is 11.1 Å². The highest BCUT2D eigenvalue weighted by atomic mass is 15.6. The van der Waals surface area contributed by atoms with Gasteiger partial charge in [-0.15, -0.1) is 0 Å². The Bertz CT molecular complexity index is 859. The predicted octanol–water partition coefficient (Wildman–Crippen LogP) is 3.35. The molecule has 4 rings (SSSR count). The lowest BCUT2D eigenvalue weighted by Crippen LogP contribution is -2.20. The standard InChI is InChI=1S/C18H17N5/c1-12-3-7-14(8-4-12)16-11-17(15-9-5-13(2)6-10-15)23-18(19-16)20-21-22-23/h3-11,17H,1-2H3,(H,19,20,22)/t17-/m0/s1. The molecule has 0 aliphatic carbocycles. The first-order valence-corrected chi connectivity index (χ1v) is 7.61. The van der Waals surface area contributed by atoms with Crippen LogP contribution in [-0.2, 0) is 0 Å². The minimum Gasteiger partial charge on any atom is -0.323 e. The van der Waals surface area contributed by atoms with E-state index in [1.807, 2.05) is 4.68 Å². The molecule has 114 valence electrons. The normalized spacial score (nSPS) is 16.4. The van der Waals surface area contributed by atoms with Crippen molar-refractivity contribution in [2.45, 2.75) is 19.9 Å². The average molecular weight is 303 g/mol. The molecule has 1 aliphatic rings. The second-order valence-corrected chi connectivity index (χ2v) is 5.87. The van der Waals surface area contributed by atoms with Crippen LogP contribution in [-0.4, -0.2) is 20.2 Å². The Morgan fingerprint density at radius 1 is 0.913 bits per heavy atom. The average Bonchev–Trinajstić information content (AvgIpc) is 3.04. The Balaban J connectivity index is 1.79. The predicted molar refractivity (Wildman–Crippen MR) is 89.9 cm³/mol. The first-order valence-electron chi connectivity index (χ1n) is 7.61. The number of aromatic nitrogens is 4. The molecule has 1 N–H and O–H groups in total. The number of allylic oxidation sites excluding steroid dienone is 1. The van der Waals surface area contributed by atoms with Gasteiger partial charge in [-0.3, -0.25) is 0 Å². The summed E-state index contributed by atoms with van der Waals surface area (Å²) in [6.07, 6.45) is 2.17. The number of tetrazole rings is 1. The van der Waals surface area contributed by atoms with Gasteiger partial charge in [0.15, 0.2) is 0 Å². The van der Waals surface area contributed by atoms with Crippen LogP contribution in [0.4, 0.5) is 5.95 Å². The highest BCUT2D eigenvalue weighted by molar-refractivity contribution is 5.77. The maximum atomic E-state index is 4.13. The van der Waals surface area contributed by atoms with E-state index in [0.29, 0.717) is 5.95 Å². The van der Waals surface area contributed by atoms with E-state index in [4.69, 9.17) is 0 Å². The van der Waals surface area contributed by atoms with Crippen LogP contribution in [0.5, 0.6) is 0 Å². The zero-order valence-electron chi connectivity index (χ0n) is 13.1. The number of hydrogen-bond acceptors (Lipinski definition) is 4. The first kappa shape index (κ1) is 13.7. The molecule has 0 spiro atoms. The van der Waals surface area contributed by atoms with E-state index in [9.17, 15) is 0 Å². The van der Waals surface area contributed by atoms with Crippen molar-refractivity contribution in [2.75, 3.05) is 5.32 Å². The van der Waals surface area contributed by atoms with Crippen molar-refractivity contribution < 1.29 is 0 Å². The molecule has 0 unspecified atom stereocenters. The summed E-state index contributed by atoms with van der Waals surface area (Å²) in [4.78, 5) is 0.